The Kier molecular flexibility index (Phi) is 4.91. The van der Waals surface area contributed by atoms with Gasteiger partial charge in [-0.15, -0.1) is 0 Å². The van der Waals surface area contributed by atoms with Gasteiger partial charge in [0.1, 0.15) is 0 Å². The Balaban J connectivity index is 2.17. The van der Waals surface area contributed by atoms with Crippen LogP contribution in [0.1, 0.15) is 36.6 Å². The van der Waals surface area contributed by atoms with Gasteiger partial charge < -0.3 is 5.32 Å². The van der Waals surface area contributed by atoms with Crippen LogP contribution in [-0.2, 0) is 9.84 Å². The van der Waals surface area contributed by atoms with Crippen LogP contribution in [0.25, 0.3) is 0 Å². The normalized spacial score (nSPS) is 12.9. The van der Waals surface area contributed by atoms with E-state index in [2.05, 4.69) is 44.3 Å². The topological polar surface area (TPSA) is 46.2 Å². The molecule has 22 heavy (non-hydrogen) atoms. The molecule has 2 aromatic rings. The first-order valence-corrected chi connectivity index (χ1v) is 9.14. The molecule has 0 spiro atoms. The summed E-state index contributed by atoms with van der Waals surface area (Å²) in [5.41, 5.74) is 4.63. The summed E-state index contributed by atoms with van der Waals surface area (Å²) in [7, 11) is -3.13. The predicted octanol–water partition coefficient (Wildman–Crippen LogP) is 4.27. The Labute approximate surface area is 133 Å². The van der Waals surface area contributed by atoms with Crippen molar-refractivity contribution in [2.45, 2.75) is 38.6 Å². The maximum absolute atomic E-state index is 11.8. The first kappa shape index (κ1) is 16.6. The van der Waals surface area contributed by atoms with E-state index >= 15 is 0 Å². The molecule has 0 fully saturated rings. The molecule has 0 aliphatic heterocycles. The van der Waals surface area contributed by atoms with Crippen LogP contribution in [0.2, 0.25) is 0 Å². The van der Waals surface area contributed by atoms with Crippen LogP contribution < -0.4 is 5.32 Å². The van der Waals surface area contributed by atoms with E-state index in [0.717, 1.165) is 5.69 Å². The van der Waals surface area contributed by atoms with Crippen molar-refractivity contribution in [1.82, 2.24) is 0 Å². The third kappa shape index (κ3) is 3.89. The van der Waals surface area contributed by atoms with E-state index in [1.807, 2.05) is 12.1 Å². The van der Waals surface area contributed by atoms with E-state index in [4.69, 9.17) is 0 Å². The standard InChI is InChI=1S/C18H23NO2S/c1-5-22(20,21)18-8-6-17(7-9-18)19-15(4)16-11-13(2)10-14(3)12-16/h6-12,15,19H,5H2,1-4H3. The Morgan fingerprint density at radius 2 is 1.55 bits per heavy atom. The average molecular weight is 317 g/mol. The van der Waals surface area contributed by atoms with Crippen molar-refractivity contribution in [3.05, 3.63) is 59.2 Å². The molecule has 3 nitrogen and oxygen atoms in total. The monoisotopic (exact) mass is 317 g/mol. The van der Waals surface area contributed by atoms with Crippen LogP contribution in [0, 0.1) is 13.8 Å². The van der Waals surface area contributed by atoms with Crippen molar-refractivity contribution >= 4 is 15.5 Å². The Bertz CT molecular complexity index is 729. The molecule has 0 heterocycles. The molecule has 1 unspecified atom stereocenters. The fourth-order valence-corrected chi connectivity index (χ4v) is 3.40. The van der Waals surface area contributed by atoms with E-state index in [9.17, 15) is 8.42 Å². The smallest absolute Gasteiger partial charge is 0.178 e. The van der Waals surface area contributed by atoms with Crippen LogP contribution in [0.5, 0.6) is 0 Å². The van der Waals surface area contributed by atoms with Gasteiger partial charge in [0.2, 0.25) is 0 Å². The van der Waals surface area contributed by atoms with Crippen molar-refractivity contribution in [2.75, 3.05) is 11.1 Å². The Morgan fingerprint density at radius 1 is 1.00 bits per heavy atom. The number of aryl methyl sites for hydroxylation is 2. The number of benzene rings is 2. The molecule has 0 aliphatic carbocycles. The number of hydrogen-bond donors (Lipinski definition) is 1. The molecule has 1 atom stereocenters. The summed E-state index contributed by atoms with van der Waals surface area (Å²) < 4.78 is 23.6. The van der Waals surface area contributed by atoms with Crippen LogP contribution in [0.15, 0.2) is 47.4 Å². The van der Waals surface area contributed by atoms with Gasteiger partial charge in [0, 0.05) is 11.7 Å². The second kappa shape index (κ2) is 6.53. The number of sulfone groups is 1. The molecule has 0 amide bonds. The molecule has 2 aromatic carbocycles. The minimum absolute atomic E-state index is 0.124. The van der Waals surface area contributed by atoms with Gasteiger partial charge in [-0.1, -0.05) is 36.2 Å². The maximum Gasteiger partial charge on any atom is 0.178 e. The maximum atomic E-state index is 11.8. The third-order valence-corrected chi connectivity index (χ3v) is 5.47. The number of hydrogen-bond acceptors (Lipinski definition) is 3. The van der Waals surface area contributed by atoms with Gasteiger partial charge in [0.05, 0.1) is 10.6 Å². The molecular weight excluding hydrogens is 294 g/mol. The third-order valence-electron chi connectivity index (χ3n) is 3.72. The zero-order chi connectivity index (χ0) is 16.3. The summed E-state index contributed by atoms with van der Waals surface area (Å²) in [4.78, 5) is 0.375. The number of nitrogens with one attached hydrogen (secondary N) is 1. The highest BCUT2D eigenvalue weighted by Crippen LogP contribution is 2.22. The number of anilines is 1. The highest BCUT2D eigenvalue weighted by molar-refractivity contribution is 7.91. The second-order valence-corrected chi connectivity index (χ2v) is 7.99. The number of rotatable bonds is 5. The molecule has 2 rings (SSSR count). The van der Waals surface area contributed by atoms with E-state index in [-0.39, 0.29) is 11.8 Å². The van der Waals surface area contributed by atoms with E-state index in [0.29, 0.717) is 4.90 Å². The van der Waals surface area contributed by atoms with Gasteiger partial charge in [0.15, 0.2) is 9.84 Å². The van der Waals surface area contributed by atoms with Crippen molar-refractivity contribution in [3.8, 4) is 0 Å². The highest BCUT2D eigenvalue weighted by atomic mass is 32.2. The van der Waals surface area contributed by atoms with E-state index in [1.54, 1.807) is 19.1 Å². The van der Waals surface area contributed by atoms with Crippen molar-refractivity contribution in [3.63, 3.8) is 0 Å². The lowest BCUT2D eigenvalue weighted by molar-refractivity contribution is 0.597. The summed E-state index contributed by atoms with van der Waals surface area (Å²) in [6.45, 7) is 7.94. The molecule has 0 aromatic heterocycles. The van der Waals surface area contributed by atoms with Gasteiger partial charge in [-0.05, 0) is 50.6 Å². The van der Waals surface area contributed by atoms with Crippen molar-refractivity contribution < 1.29 is 8.42 Å². The Hall–Kier alpha value is -1.81. The quantitative estimate of drug-likeness (QED) is 0.895. The van der Waals surface area contributed by atoms with Gasteiger partial charge in [-0.25, -0.2) is 8.42 Å². The SMILES string of the molecule is CCS(=O)(=O)c1ccc(NC(C)c2cc(C)cc(C)c2)cc1. The minimum atomic E-state index is -3.13. The van der Waals surface area contributed by atoms with E-state index < -0.39 is 9.84 Å². The molecule has 1 N–H and O–H groups in total. The fraction of sp³-hybridized carbons (Fsp3) is 0.333. The largest absolute Gasteiger partial charge is 0.379 e. The summed E-state index contributed by atoms with van der Waals surface area (Å²) in [5, 5.41) is 3.41. The molecule has 4 heteroatoms. The Morgan fingerprint density at radius 3 is 2.05 bits per heavy atom. The van der Waals surface area contributed by atoms with Crippen LogP contribution in [-0.4, -0.2) is 14.2 Å². The molecule has 0 bridgehead atoms. The predicted molar refractivity (Wildman–Crippen MR) is 92.1 cm³/mol. The van der Waals surface area contributed by atoms with Gasteiger partial charge in [0.25, 0.3) is 0 Å². The molecule has 118 valence electrons. The van der Waals surface area contributed by atoms with Crippen molar-refractivity contribution in [1.29, 1.82) is 0 Å². The average Bonchev–Trinajstić information content (AvgIpc) is 2.46. The highest BCUT2D eigenvalue weighted by Gasteiger charge is 2.11. The fourth-order valence-electron chi connectivity index (χ4n) is 2.52. The lowest BCUT2D eigenvalue weighted by atomic mass is 10.0. The summed E-state index contributed by atoms with van der Waals surface area (Å²) in [5.74, 6) is 0.124. The van der Waals surface area contributed by atoms with Crippen molar-refractivity contribution in [2.24, 2.45) is 0 Å². The summed E-state index contributed by atoms with van der Waals surface area (Å²) in [6, 6.07) is 13.6. The lowest BCUT2D eigenvalue weighted by Gasteiger charge is -2.17. The van der Waals surface area contributed by atoms with Gasteiger partial charge >= 0.3 is 0 Å². The van der Waals surface area contributed by atoms with Gasteiger partial charge in [-0.3, -0.25) is 0 Å². The van der Waals surface area contributed by atoms with Crippen LogP contribution >= 0.6 is 0 Å². The van der Waals surface area contributed by atoms with Crippen LogP contribution in [0.3, 0.4) is 0 Å². The molecular formula is C18H23NO2S. The summed E-state index contributed by atoms with van der Waals surface area (Å²) >= 11 is 0. The first-order valence-electron chi connectivity index (χ1n) is 7.49. The first-order chi connectivity index (χ1) is 10.3. The molecule has 0 saturated carbocycles. The zero-order valence-corrected chi connectivity index (χ0v) is 14.4. The second-order valence-electron chi connectivity index (χ2n) is 5.71. The lowest BCUT2D eigenvalue weighted by Crippen LogP contribution is -2.08. The van der Waals surface area contributed by atoms with Gasteiger partial charge in [-0.2, -0.15) is 0 Å². The zero-order valence-electron chi connectivity index (χ0n) is 13.6. The molecule has 0 radical (unpaired) electrons. The molecule has 0 aliphatic rings. The van der Waals surface area contributed by atoms with E-state index in [1.165, 1.54) is 16.7 Å². The molecule has 0 saturated heterocycles. The summed E-state index contributed by atoms with van der Waals surface area (Å²) in [6.07, 6.45) is 0. The van der Waals surface area contributed by atoms with Crippen LogP contribution in [0.4, 0.5) is 5.69 Å². The minimum Gasteiger partial charge on any atom is -0.379 e.